The van der Waals surface area contributed by atoms with Gasteiger partial charge in [0.1, 0.15) is 5.15 Å². The standard InChI is InChI=1S/C19H16ClN5O/c20-17-3-1-13(12-22-17)11-15-7-10-25(19(15)26)18-4-2-16(23-24-18)14-5-8-21-9-6-14/h1-6,8-9,12,15H,7,10-11H2/t15-/m0/s1/i7D2,10D2,15D. The molecule has 3 aromatic heterocycles. The number of carbonyl (C=O) groups is 1. The van der Waals surface area contributed by atoms with Crippen LogP contribution in [-0.2, 0) is 11.2 Å². The van der Waals surface area contributed by atoms with Crippen LogP contribution in [0.3, 0.4) is 0 Å². The van der Waals surface area contributed by atoms with Crippen molar-refractivity contribution in [1.82, 2.24) is 20.2 Å². The largest absolute Gasteiger partial charge is 0.295 e. The summed E-state index contributed by atoms with van der Waals surface area (Å²) in [5, 5.41) is 8.20. The van der Waals surface area contributed by atoms with Gasteiger partial charge in [-0.05, 0) is 48.7 Å². The molecule has 0 spiro atoms. The molecule has 1 amide bonds. The average molecular weight is 371 g/mol. The summed E-state index contributed by atoms with van der Waals surface area (Å²) in [6, 6.07) is 9.35. The molecular formula is C19H16ClN5O. The van der Waals surface area contributed by atoms with E-state index in [2.05, 4.69) is 20.2 Å². The van der Waals surface area contributed by atoms with Crippen molar-refractivity contribution in [2.75, 3.05) is 11.4 Å². The SMILES string of the molecule is [2H]C1([2H])N(c2ccc(-c3ccncc3)nn2)C(=O)[C@]([2H])(Cc2ccc(Cl)nc2)C1([2H])[2H]. The Morgan fingerprint density at radius 1 is 1.19 bits per heavy atom. The maximum absolute atomic E-state index is 13.2. The lowest BCUT2D eigenvalue weighted by Gasteiger charge is -2.15. The predicted octanol–water partition coefficient (Wildman–Crippen LogP) is 3.18. The van der Waals surface area contributed by atoms with E-state index in [1.54, 1.807) is 30.6 Å². The number of aromatic nitrogens is 4. The van der Waals surface area contributed by atoms with Crippen LogP contribution in [0.4, 0.5) is 5.82 Å². The lowest BCUT2D eigenvalue weighted by atomic mass is 9.99. The molecule has 26 heavy (non-hydrogen) atoms. The number of hydrogen-bond acceptors (Lipinski definition) is 5. The minimum absolute atomic E-state index is 0.181. The van der Waals surface area contributed by atoms with Crippen LogP contribution in [0.25, 0.3) is 11.3 Å². The zero-order chi connectivity index (χ0) is 22.4. The van der Waals surface area contributed by atoms with E-state index in [4.69, 9.17) is 18.5 Å². The van der Waals surface area contributed by atoms with Gasteiger partial charge in [0.25, 0.3) is 0 Å². The Hall–Kier alpha value is -2.86. The van der Waals surface area contributed by atoms with E-state index < -0.39 is 24.7 Å². The fourth-order valence-corrected chi connectivity index (χ4v) is 2.59. The van der Waals surface area contributed by atoms with Gasteiger partial charge in [-0.2, -0.15) is 0 Å². The third-order valence-electron chi connectivity index (χ3n) is 3.81. The summed E-state index contributed by atoms with van der Waals surface area (Å²) in [5.41, 5.74) is 1.59. The fraction of sp³-hybridized carbons (Fsp3) is 0.211. The van der Waals surface area contributed by atoms with Crippen LogP contribution >= 0.6 is 11.6 Å². The second kappa shape index (κ2) is 7.17. The van der Waals surface area contributed by atoms with Crippen molar-refractivity contribution in [3.63, 3.8) is 0 Å². The molecule has 1 fully saturated rings. The Kier molecular flexibility index (Phi) is 3.23. The van der Waals surface area contributed by atoms with Crippen LogP contribution < -0.4 is 4.90 Å². The lowest BCUT2D eigenvalue weighted by molar-refractivity contribution is -0.120. The van der Waals surface area contributed by atoms with Gasteiger partial charge in [-0.15, -0.1) is 10.2 Å². The summed E-state index contributed by atoms with van der Waals surface area (Å²) in [6.07, 6.45) is 1.26. The number of anilines is 1. The van der Waals surface area contributed by atoms with Gasteiger partial charge in [-0.25, -0.2) is 4.98 Å². The number of hydrogen-bond donors (Lipinski definition) is 0. The van der Waals surface area contributed by atoms with Gasteiger partial charge < -0.3 is 0 Å². The van der Waals surface area contributed by atoms with E-state index in [-0.39, 0.29) is 17.4 Å². The van der Waals surface area contributed by atoms with Crippen molar-refractivity contribution in [2.45, 2.75) is 12.8 Å². The van der Waals surface area contributed by atoms with Crippen molar-refractivity contribution in [3.8, 4) is 11.3 Å². The molecular weight excluding hydrogens is 350 g/mol. The summed E-state index contributed by atoms with van der Waals surface area (Å²) in [5.74, 6) is -3.68. The first-order valence-corrected chi connectivity index (χ1v) is 8.15. The van der Waals surface area contributed by atoms with Gasteiger partial charge in [0, 0.05) is 43.4 Å². The highest BCUT2D eigenvalue weighted by Gasteiger charge is 2.33. The average Bonchev–Trinajstić information content (AvgIpc) is 2.85. The van der Waals surface area contributed by atoms with Gasteiger partial charge in [-0.3, -0.25) is 14.7 Å². The van der Waals surface area contributed by atoms with Gasteiger partial charge >= 0.3 is 0 Å². The Labute approximate surface area is 162 Å². The Morgan fingerprint density at radius 2 is 2.04 bits per heavy atom. The summed E-state index contributed by atoms with van der Waals surface area (Å²) < 4.78 is 42.1. The number of amides is 1. The van der Waals surface area contributed by atoms with Crippen LogP contribution in [0.2, 0.25) is 5.15 Å². The Bertz CT molecular complexity index is 1110. The molecule has 3 aromatic rings. The predicted molar refractivity (Wildman–Crippen MR) is 98.7 cm³/mol. The van der Waals surface area contributed by atoms with E-state index >= 15 is 0 Å². The minimum atomic E-state index is -2.86. The number of halogens is 1. The first-order valence-electron chi connectivity index (χ1n) is 10.3. The molecule has 0 radical (unpaired) electrons. The van der Waals surface area contributed by atoms with E-state index in [1.807, 2.05) is 0 Å². The monoisotopic (exact) mass is 370 g/mol. The smallest absolute Gasteiger partial charge is 0.231 e. The van der Waals surface area contributed by atoms with Crippen LogP contribution in [0.5, 0.6) is 0 Å². The third kappa shape index (κ3) is 3.41. The van der Waals surface area contributed by atoms with Crippen molar-refractivity contribution < 1.29 is 11.6 Å². The number of rotatable bonds is 4. The Balaban J connectivity index is 1.71. The third-order valence-corrected chi connectivity index (χ3v) is 4.03. The van der Waals surface area contributed by atoms with Crippen molar-refractivity contribution in [2.24, 2.45) is 5.89 Å². The minimum Gasteiger partial charge on any atom is -0.295 e. The van der Waals surface area contributed by atoms with Crippen LogP contribution in [0, 0.1) is 5.89 Å². The molecule has 4 heterocycles. The molecule has 4 rings (SSSR count). The van der Waals surface area contributed by atoms with Gasteiger partial charge in [0.2, 0.25) is 5.91 Å². The summed E-state index contributed by atoms with van der Waals surface area (Å²) in [7, 11) is 0. The van der Waals surface area contributed by atoms with Crippen LogP contribution in [-0.4, -0.2) is 32.6 Å². The molecule has 6 nitrogen and oxygen atoms in total. The number of nitrogens with zero attached hydrogens (tertiary/aromatic N) is 5. The first kappa shape index (κ1) is 11.7. The van der Waals surface area contributed by atoms with Gasteiger partial charge in [0.05, 0.1) is 5.69 Å². The molecule has 1 atom stereocenters. The van der Waals surface area contributed by atoms with Crippen molar-refractivity contribution in [3.05, 3.63) is 65.7 Å². The maximum atomic E-state index is 13.2. The number of carbonyl (C=O) groups excluding carboxylic acids is 1. The fourth-order valence-electron chi connectivity index (χ4n) is 2.48. The molecule has 1 saturated heterocycles. The van der Waals surface area contributed by atoms with Crippen LogP contribution in [0.1, 0.15) is 18.8 Å². The highest BCUT2D eigenvalue weighted by atomic mass is 35.5. The molecule has 130 valence electrons. The molecule has 1 aliphatic rings. The highest BCUT2D eigenvalue weighted by Crippen LogP contribution is 2.27. The molecule has 0 bridgehead atoms. The normalized spacial score (nSPS) is 26.4. The Morgan fingerprint density at radius 3 is 2.73 bits per heavy atom. The molecule has 0 aliphatic carbocycles. The van der Waals surface area contributed by atoms with E-state index in [0.29, 0.717) is 16.2 Å². The van der Waals surface area contributed by atoms with Gasteiger partial charge in [-0.1, -0.05) is 17.7 Å². The van der Waals surface area contributed by atoms with Gasteiger partial charge in [0.15, 0.2) is 5.82 Å². The topological polar surface area (TPSA) is 71.9 Å². The van der Waals surface area contributed by atoms with E-state index in [1.165, 1.54) is 24.4 Å². The molecule has 0 saturated carbocycles. The van der Waals surface area contributed by atoms with Crippen molar-refractivity contribution in [1.29, 1.82) is 0 Å². The molecule has 0 unspecified atom stereocenters. The zero-order valence-electron chi connectivity index (χ0n) is 18.4. The first-order chi connectivity index (χ1) is 14.6. The zero-order valence-corrected chi connectivity index (χ0v) is 14.2. The molecule has 0 aromatic carbocycles. The quantitative estimate of drug-likeness (QED) is 0.659. The highest BCUT2D eigenvalue weighted by molar-refractivity contribution is 6.29. The summed E-state index contributed by atoms with van der Waals surface area (Å²) in [6.45, 7) is -2.83. The second-order valence-electron chi connectivity index (χ2n) is 5.53. The maximum Gasteiger partial charge on any atom is 0.231 e. The lowest BCUT2D eigenvalue weighted by Crippen LogP contribution is -2.28. The molecule has 0 N–H and O–H groups in total. The molecule has 1 aliphatic heterocycles. The van der Waals surface area contributed by atoms with E-state index in [9.17, 15) is 4.79 Å². The van der Waals surface area contributed by atoms with Crippen LogP contribution in [0.15, 0.2) is 55.0 Å². The molecule has 7 heteroatoms. The summed E-state index contributed by atoms with van der Waals surface area (Å²) in [4.78, 5) is 21.6. The summed E-state index contributed by atoms with van der Waals surface area (Å²) >= 11 is 5.77. The van der Waals surface area contributed by atoms with E-state index in [0.717, 1.165) is 5.56 Å². The number of pyridine rings is 2. The second-order valence-corrected chi connectivity index (χ2v) is 5.92. The van der Waals surface area contributed by atoms with Crippen molar-refractivity contribution >= 4 is 23.3 Å².